The predicted octanol–water partition coefficient (Wildman–Crippen LogP) is 4.08. The minimum atomic E-state index is 0.370. The molecule has 0 radical (unpaired) electrons. The van der Waals surface area contributed by atoms with E-state index in [1.807, 2.05) is 12.1 Å². The van der Waals surface area contributed by atoms with Crippen molar-refractivity contribution in [2.24, 2.45) is 0 Å². The molecule has 0 aliphatic carbocycles. The van der Waals surface area contributed by atoms with Gasteiger partial charge in [-0.15, -0.1) is 0 Å². The zero-order valence-electron chi connectivity index (χ0n) is 9.45. The second kappa shape index (κ2) is 4.76. The van der Waals surface area contributed by atoms with E-state index >= 15 is 0 Å². The van der Waals surface area contributed by atoms with Crippen LogP contribution in [0.15, 0.2) is 24.3 Å². The van der Waals surface area contributed by atoms with Crippen molar-refractivity contribution in [2.45, 2.75) is 0 Å². The van der Waals surface area contributed by atoms with E-state index in [0.29, 0.717) is 25.9 Å². The third-order valence-electron chi connectivity index (χ3n) is 2.57. The number of fused-ring (bicyclic) bond motifs is 1. The largest absolute Gasteiger partial charge is 0.339 e. The number of nitrogens with zero attached hydrogens (tertiary/aromatic N) is 1. The number of rotatable bonds is 2. The van der Waals surface area contributed by atoms with Crippen molar-refractivity contribution >= 4 is 58.6 Å². The van der Waals surface area contributed by atoms with Crippen LogP contribution in [-0.2, 0) is 0 Å². The van der Waals surface area contributed by atoms with Gasteiger partial charge in [0.1, 0.15) is 16.1 Å². The van der Waals surface area contributed by atoms with Crippen molar-refractivity contribution in [1.29, 1.82) is 0 Å². The Kier molecular flexibility index (Phi) is 3.09. The van der Waals surface area contributed by atoms with Crippen LogP contribution < -0.4 is 5.32 Å². The molecule has 0 amide bonds. The molecule has 0 saturated carbocycles. The van der Waals surface area contributed by atoms with Gasteiger partial charge in [-0.2, -0.15) is 0 Å². The van der Waals surface area contributed by atoms with Crippen LogP contribution in [0.4, 0.5) is 11.5 Å². The molecule has 8 heteroatoms. The van der Waals surface area contributed by atoms with Gasteiger partial charge in [-0.25, -0.2) is 4.98 Å². The quantitative estimate of drug-likeness (QED) is 0.538. The van der Waals surface area contributed by atoms with Crippen LogP contribution in [0.1, 0.15) is 0 Å². The van der Waals surface area contributed by atoms with Gasteiger partial charge in [0.05, 0.1) is 5.39 Å². The molecule has 2 aromatic heterocycles. The van der Waals surface area contributed by atoms with E-state index in [1.54, 1.807) is 12.1 Å². The lowest BCUT2D eigenvalue weighted by Crippen LogP contribution is -1.96. The number of hydrogen-bond donors (Lipinski definition) is 4. The number of anilines is 2. The Labute approximate surface area is 123 Å². The zero-order chi connectivity index (χ0) is 13.4. The fraction of sp³-hybridized carbons (Fsp3) is 0. The standard InChI is InChI=1S/C11H8ClN5S2/c12-5-1-3-6(4-2-5)13-8-7-9(15-11(19)14-8)16-17-10(7)18/h1-4H,(H4,13,14,15,16,17,18,19). The Morgan fingerprint density at radius 1 is 1.11 bits per heavy atom. The predicted molar refractivity (Wildman–Crippen MR) is 81.2 cm³/mol. The van der Waals surface area contributed by atoms with Gasteiger partial charge >= 0.3 is 0 Å². The van der Waals surface area contributed by atoms with Crippen LogP contribution in [0.25, 0.3) is 11.0 Å². The highest BCUT2D eigenvalue weighted by atomic mass is 35.5. The zero-order valence-corrected chi connectivity index (χ0v) is 11.8. The molecule has 19 heavy (non-hydrogen) atoms. The maximum Gasteiger partial charge on any atom is 0.200 e. The molecule has 0 aliphatic rings. The number of nitrogens with one attached hydrogen (secondary N) is 4. The Morgan fingerprint density at radius 3 is 2.58 bits per heavy atom. The maximum atomic E-state index is 5.85. The van der Waals surface area contributed by atoms with E-state index in [-0.39, 0.29) is 0 Å². The van der Waals surface area contributed by atoms with Crippen molar-refractivity contribution in [2.75, 3.05) is 5.32 Å². The van der Waals surface area contributed by atoms with Gasteiger partial charge in [-0.3, -0.25) is 10.2 Å². The van der Waals surface area contributed by atoms with Crippen molar-refractivity contribution in [1.82, 2.24) is 20.2 Å². The molecule has 0 fully saturated rings. The lowest BCUT2D eigenvalue weighted by atomic mass is 10.3. The Morgan fingerprint density at radius 2 is 1.84 bits per heavy atom. The molecular weight excluding hydrogens is 302 g/mol. The van der Waals surface area contributed by atoms with E-state index in [4.69, 9.17) is 36.0 Å². The molecule has 2 heterocycles. The van der Waals surface area contributed by atoms with Gasteiger partial charge in [-0.1, -0.05) is 23.8 Å². The van der Waals surface area contributed by atoms with Crippen LogP contribution in [0.5, 0.6) is 0 Å². The smallest absolute Gasteiger partial charge is 0.200 e. The van der Waals surface area contributed by atoms with Crippen molar-refractivity contribution < 1.29 is 0 Å². The highest BCUT2D eigenvalue weighted by Gasteiger charge is 2.07. The summed E-state index contributed by atoms with van der Waals surface area (Å²) in [4.78, 5) is 7.20. The summed E-state index contributed by atoms with van der Waals surface area (Å²) >= 11 is 16.1. The van der Waals surface area contributed by atoms with Gasteiger partial charge in [0.25, 0.3) is 0 Å². The molecule has 0 unspecified atom stereocenters. The number of hydrogen-bond acceptors (Lipinski definition) is 4. The lowest BCUT2D eigenvalue weighted by Gasteiger charge is -2.06. The molecular formula is C11H8ClN5S2. The first-order valence-electron chi connectivity index (χ1n) is 5.37. The molecule has 0 atom stereocenters. The van der Waals surface area contributed by atoms with Gasteiger partial charge < -0.3 is 10.3 Å². The van der Waals surface area contributed by atoms with Gasteiger partial charge in [0, 0.05) is 10.7 Å². The molecule has 0 aliphatic heterocycles. The third kappa shape index (κ3) is 2.40. The van der Waals surface area contributed by atoms with Crippen LogP contribution in [0.3, 0.4) is 0 Å². The maximum absolute atomic E-state index is 5.85. The molecule has 0 spiro atoms. The summed E-state index contributed by atoms with van der Waals surface area (Å²) in [7, 11) is 0. The first-order chi connectivity index (χ1) is 9.13. The van der Waals surface area contributed by atoms with E-state index in [9.17, 15) is 0 Å². The molecule has 5 nitrogen and oxygen atoms in total. The summed E-state index contributed by atoms with van der Waals surface area (Å²) in [5.41, 5.74) is 1.57. The minimum Gasteiger partial charge on any atom is -0.339 e. The average Bonchev–Trinajstić information content (AvgIpc) is 2.74. The van der Waals surface area contributed by atoms with E-state index in [2.05, 4.69) is 25.5 Å². The first kappa shape index (κ1) is 12.3. The van der Waals surface area contributed by atoms with Gasteiger partial charge in [0.15, 0.2) is 4.77 Å². The summed E-state index contributed by atoms with van der Waals surface area (Å²) in [6.45, 7) is 0. The number of aromatic amines is 3. The Bertz CT molecular complexity index is 846. The minimum absolute atomic E-state index is 0.370. The van der Waals surface area contributed by atoms with Gasteiger partial charge in [-0.05, 0) is 36.5 Å². The molecule has 96 valence electrons. The highest BCUT2D eigenvalue weighted by Crippen LogP contribution is 2.23. The van der Waals surface area contributed by atoms with E-state index in [0.717, 1.165) is 11.1 Å². The molecule has 0 bridgehead atoms. The second-order valence-corrected chi connectivity index (χ2v) is 5.08. The number of aromatic nitrogens is 4. The van der Waals surface area contributed by atoms with Crippen LogP contribution in [0, 0.1) is 9.41 Å². The number of H-pyrrole nitrogens is 3. The molecule has 4 N–H and O–H groups in total. The summed E-state index contributed by atoms with van der Waals surface area (Å²) in [5.74, 6) is 0.601. The van der Waals surface area contributed by atoms with E-state index in [1.165, 1.54) is 0 Å². The SMILES string of the molecule is S=c1nc(Nc2ccc(Cl)cc2)c2c(=S)[nH][nH]c2[nH]1. The average molecular weight is 310 g/mol. The Balaban J connectivity index is 2.14. The second-order valence-electron chi connectivity index (χ2n) is 3.85. The third-order valence-corrected chi connectivity index (χ3v) is 3.32. The van der Waals surface area contributed by atoms with E-state index < -0.39 is 0 Å². The molecule has 3 rings (SSSR count). The van der Waals surface area contributed by atoms with Crippen molar-refractivity contribution in [3.63, 3.8) is 0 Å². The normalized spacial score (nSPS) is 10.8. The Hall–Kier alpha value is -1.70. The highest BCUT2D eigenvalue weighted by molar-refractivity contribution is 7.71. The lowest BCUT2D eigenvalue weighted by molar-refractivity contribution is 1.07. The molecule has 3 aromatic rings. The molecule has 1 aromatic carbocycles. The summed E-state index contributed by atoms with van der Waals surface area (Å²) in [6.07, 6.45) is 0. The fourth-order valence-electron chi connectivity index (χ4n) is 1.73. The number of halogens is 1. The number of benzene rings is 1. The van der Waals surface area contributed by atoms with Crippen LogP contribution >= 0.6 is 36.0 Å². The van der Waals surface area contributed by atoms with Crippen LogP contribution in [0.2, 0.25) is 5.02 Å². The fourth-order valence-corrected chi connectivity index (χ4v) is 2.30. The first-order valence-corrected chi connectivity index (χ1v) is 6.56. The van der Waals surface area contributed by atoms with Crippen molar-refractivity contribution in [3.05, 3.63) is 38.7 Å². The monoisotopic (exact) mass is 309 g/mol. The molecule has 0 saturated heterocycles. The van der Waals surface area contributed by atoms with Crippen molar-refractivity contribution in [3.8, 4) is 0 Å². The van der Waals surface area contributed by atoms with Gasteiger partial charge in [0.2, 0.25) is 0 Å². The van der Waals surface area contributed by atoms with Crippen LogP contribution in [-0.4, -0.2) is 20.2 Å². The summed E-state index contributed by atoms with van der Waals surface area (Å²) < 4.78 is 0.930. The topological polar surface area (TPSA) is 72.3 Å². The summed E-state index contributed by atoms with van der Waals surface area (Å²) in [6, 6.07) is 7.30. The summed E-state index contributed by atoms with van der Waals surface area (Å²) in [5, 5.41) is 10.4.